The second-order valence-corrected chi connectivity index (χ2v) is 9.40. The summed E-state index contributed by atoms with van der Waals surface area (Å²) in [4.78, 5) is 37.1. The van der Waals surface area contributed by atoms with Crippen molar-refractivity contribution >= 4 is 63.1 Å². The van der Waals surface area contributed by atoms with E-state index in [4.69, 9.17) is 27.9 Å². The van der Waals surface area contributed by atoms with Crippen LogP contribution >= 0.6 is 23.2 Å². The lowest BCUT2D eigenvalue weighted by Crippen LogP contribution is -2.17. The number of hydrogen-bond donors (Lipinski definition) is 2. The van der Waals surface area contributed by atoms with Gasteiger partial charge in [-0.25, -0.2) is 19.2 Å². The first-order valence-corrected chi connectivity index (χ1v) is 12.0. The highest BCUT2D eigenvalue weighted by atomic mass is 35.5. The molecular formula is C26H20Cl2FN5O3. The van der Waals surface area contributed by atoms with Crippen LogP contribution in [0, 0.1) is 5.82 Å². The molecule has 2 N–H and O–H groups in total. The normalized spacial score (nSPS) is 11.4. The van der Waals surface area contributed by atoms with Gasteiger partial charge in [-0.3, -0.25) is 10.1 Å². The summed E-state index contributed by atoms with van der Waals surface area (Å²) in [5.74, 6) is -0.995. The third-order valence-corrected chi connectivity index (χ3v) is 6.47. The molecule has 8 nitrogen and oxygen atoms in total. The third-order valence-electron chi connectivity index (χ3n) is 5.86. The minimum Gasteiger partial charge on any atom is -0.465 e. The molecule has 3 aromatic carbocycles. The molecule has 0 saturated heterocycles. The number of halogens is 3. The lowest BCUT2D eigenvalue weighted by molar-refractivity contribution is 0.0600. The van der Waals surface area contributed by atoms with Crippen molar-refractivity contribution in [3.8, 4) is 11.4 Å². The number of rotatable bonds is 5. The molecule has 0 atom stereocenters. The van der Waals surface area contributed by atoms with Gasteiger partial charge < -0.3 is 14.3 Å². The van der Waals surface area contributed by atoms with Crippen molar-refractivity contribution in [3.05, 3.63) is 75.5 Å². The van der Waals surface area contributed by atoms with Crippen molar-refractivity contribution in [1.29, 1.82) is 0 Å². The number of methoxy groups -OCH3 is 1. The van der Waals surface area contributed by atoms with E-state index in [1.54, 1.807) is 30.3 Å². The van der Waals surface area contributed by atoms with Crippen LogP contribution < -0.4 is 5.32 Å². The zero-order valence-corrected chi connectivity index (χ0v) is 21.4. The zero-order valence-electron chi connectivity index (χ0n) is 19.9. The number of nitrogens with one attached hydrogen (secondary N) is 2. The molecule has 0 aliphatic heterocycles. The molecule has 0 bridgehead atoms. The van der Waals surface area contributed by atoms with Crippen LogP contribution in [0.1, 0.15) is 40.6 Å². The van der Waals surface area contributed by atoms with Gasteiger partial charge in [0.05, 0.1) is 50.3 Å². The van der Waals surface area contributed by atoms with E-state index in [2.05, 4.69) is 20.3 Å². The number of carbonyl (C=O) groups excluding carboxylic acids is 2. The fourth-order valence-corrected chi connectivity index (χ4v) is 4.69. The fourth-order valence-electron chi connectivity index (χ4n) is 4.17. The molecule has 188 valence electrons. The minimum atomic E-state index is -0.538. The Morgan fingerprint density at radius 1 is 1.03 bits per heavy atom. The molecule has 0 aliphatic carbocycles. The summed E-state index contributed by atoms with van der Waals surface area (Å²) in [6.45, 7) is 3.90. The monoisotopic (exact) mass is 539 g/mol. The minimum absolute atomic E-state index is 0.0465. The Balaban J connectivity index is 1.52. The van der Waals surface area contributed by atoms with E-state index in [0.717, 1.165) is 5.52 Å². The quantitative estimate of drug-likeness (QED) is 0.243. The first-order chi connectivity index (χ1) is 17.7. The fraction of sp³-hybridized carbons (Fsp3) is 0.154. The molecule has 2 aromatic heterocycles. The summed E-state index contributed by atoms with van der Waals surface area (Å²) in [6.07, 6.45) is 0. The molecule has 0 fully saturated rings. The number of nitrogens with zero attached hydrogens (tertiary/aromatic N) is 3. The number of H-pyrrole nitrogens is 1. The molecule has 0 aliphatic rings. The maximum atomic E-state index is 14.4. The predicted molar refractivity (Wildman–Crippen MR) is 141 cm³/mol. The van der Waals surface area contributed by atoms with Gasteiger partial charge in [0.25, 0.3) is 5.91 Å². The molecule has 5 rings (SSSR count). The lowest BCUT2D eigenvalue weighted by Gasteiger charge is -2.13. The van der Waals surface area contributed by atoms with Gasteiger partial charge in [-0.1, -0.05) is 29.3 Å². The molecular weight excluding hydrogens is 520 g/mol. The number of fused-ring (bicyclic) bond motifs is 2. The average molecular weight is 540 g/mol. The molecule has 0 saturated carbocycles. The average Bonchev–Trinajstić information content (AvgIpc) is 3.44. The summed E-state index contributed by atoms with van der Waals surface area (Å²) >= 11 is 12.6. The predicted octanol–water partition coefficient (Wildman–Crippen LogP) is 6.65. The molecule has 11 heteroatoms. The highest BCUT2D eigenvalue weighted by Crippen LogP contribution is 2.33. The van der Waals surface area contributed by atoms with Gasteiger partial charge in [-0.2, -0.15) is 0 Å². The van der Waals surface area contributed by atoms with Crippen LogP contribution in [0.5, 0.6) is 0 Å². The maximum absolute atomic E-state index is 14.4. The van der Waals surface area contributed by atoms with Gasteiger partial charge in [0.15, 0.2) is 0 Å². The Morgan fingerprint density at radius 3 is 2.49 bits per heavy atom. The largest absolute Gasteiger partial charge is 0.465 e. The van der Waals surface area contributed by atoms with Crippen molar-refractivity contribution < 1.29 is 18.7 Å². The van der Waals surface area contributed by atoms with Crippen molar-refractivity contribution in [2.75, 3.05) is 12.4 Å². The van der Waals surface area contributed by atoms with Crippen LogP contribution in [0.4, 0.5) is 10.3 Å². The highest BCUT2D eigenvalue weighted by Gasteiger charge is 2.21. The van der Waals surface area contributed by atoms with Crippen molar-refractivity contribution in [2.24, 2.45) is 0 Å². The zero-order chi connectivity index (χ0) is 26.4. The Labute approximate surface area is 220 Å². The Kier molecular flexibility index (Phi) is 6.35. The Bertz CT molecular complexity index is 1690. The SMILES string of the molecule is COC(=O)c1ccc2c(c1)nc(NC(=O)c1cc(Cl)c3[nH]c(-c4c(F)cccc4Cl)nc3c1)n2C(C)C. The standard InChI is InChI=1S/C26H20Cl2FN5O3/c1-12(2)34-20-8-7-13(25(36)37-3)10-18(20)31-26(34)33-24(35)14-9-16(28)22-19(11-14)30-23(32-22)21-15(27)5-4-6-17(21)29/h4-12H,1-3H3,(H,30,32)(H,31,33,35). The van der Waals surface area contributed by atoms with Gasteiger partial charge in [-0.15, -0.1) is 0 Å². The number of ether oxygens (including phenoxy) is 1. The number of aromatic amines is 1. The number of anilines is 1. The number of hydrogen-bond acceptors (Lipinski definition) is 5. The van der Waals surface area contributed by atoms with E-state index < -0.39 is 17.7 Å². The smallest absolute Gasteiger partial charge is 0.337 e. The van der Waals surface area contributed by atoms with Crippen molar-refractivity contribution in [2.45, 2.75) is 19.9 Å². The van der Waals surface area contributed by atoms with Crippen LogP contribution in [-0.2, 0) is 4.74 Å². The van der Waals surface area contributed by atoms with Gasteiger partial charge in [0.1, 0.15) is 11.6 Å². The van der Waals surface area contributed by atoms with E-state index in [1.165, 1.54) is 25.3 Å². The molecule has 5 aromatic rings. The first kappa shape index (κ1) is 24.7. The van der Waals surface area contributed by atoms with E-state index in [-0.39, 0.29) is 33.0 Å². The molecule has 0 spiro atoms. The first-order valence-electron chi connectivity index (χ1n) is 11.2. The Morgan fingerprint density at radius 2 is 1.78 bits per heavy atom. The van der Waals surface area contributed by atoms with Gasteiger partial charge in [0.2, 0.25) is 5.95 Å². The lowest BCUT2D eigenvalue weighted by atomic mass is 10.2. The number of amides is 1. The summed E-state index contributed by atoms with van der Waals surface area (Å²) in [7, 11) is 1.31. The third kappa shape index (κ3) is 4.41. The summed E-state index contributed by atoms with van der Waals surface area (Å²) < 4.78 is 21.1. The van der Waals surface area contributed by atoms with Crippen LogP contribution in [-0.4, -0.2) is 38.5 Å². The van der Waals surface area contributed by atoms with E-state index in [1.807, 2.05) is 18.4 Å². The molecule has 2 heterocycles. The van der Waals surface area contributed by atoms with Crippen molar-refractivity contribution in [1.82, 2.24) is 19.5 Å². The molecule has 0 unspecified atom stereocenters. The van der Waals surface area contributed by atoms with Crippen LogP contribution in [0.2, 0.25) is 10.0 Å². The summed E-state index contributed by atoms with van der Waals surface area (Å²) in [5, 5.41) is 3.25. The van der Waals surface area contributed by atoms with E-state index in [9.17, 15) is 14.0 Å². The Hall–Kier alpha value is -3.95. The van der Waals surface area contributed by atoms with Gasteiger partial charge in [0, 0.05) is 11.6 Å². The van der Waals surface area contributed by atoms with E-state index in [0.29, 0.717) is 28.1 Å². The number of carbonyl (C=O) groups is 2. The number of aromatic nitrogens is 4. The van der Waals surface area contributed by atoms with Gasteiger partial charge >= 0.3 is 5.97 Å². The number of benzene rings is 3. The summed E-state index contributed by atoms with van der Waals surface area (Å²) in [5.41, 5.74) is 2.77. The van der Waals surface area contributed by atoms with E-state index >= 15 is 0 Å². The highest BCUT2D eigenvalue weighted by molar-refractivity contribution is 6.36. The molecule has 1 amide bonds. The topological polar surface area (TPSA) is 102 Å². The number of esters is 1. The maximum Gasteiger partial charge on any atom is 0.337 e. The second kappa shape index (κ2) is 9.49. The van der Waals surface area contributed by atoms with Crippen LogP contribution in [0.3, 0.4) is 0 Å². The molecule has 0 radical (unpaired) electrons. The second-order valence-electron chi connectivity index (χ2n) is 8.58. The van der Waals surface area contributed by atoms with Crippen molar-refractivity contribution in [3.63, 3.8) is 0 Å². The van der Waals surface area contributed by atoms with Crippen LogP contribution in [0.25, 0.3) is 33.5 Å². The number of imidazole rings is 2. The van der Waals surface area contributed by atoms with Crippen LogP contribution in [0.15, 0.2) is 48.5 Å². The van der Waals surface area contributed by atoms with Gasteiger partial charge in [-0.05, 0) is 56.3 Å². The summed E-state index contributed by atoms with van der Waals surface area (Å²) in [6, 6.07) is 12.3. The molecule has 37 heavy (non-hydrogen) atoms.